The Bertz CT molecular complexity index is 224. The highest BCUT2D eigenvalue weighted by atomic mass is 32.1. The predicted molar refractivity (Wildman–Crippen MR) is 43.6 cm³/mol. The van der Waals surface area contributed by atoms with Gasteiger partial charge in [0.05, 0.1) is 24.4 Å². The standard InChI is InChI=1S/C7H10N2OS/c8-6-2-10-1-5(6)7-3-11-4-9-7/h3-6H,1-2,8H2. The summed E-state index contributed by atoms with van der Waals surface area (Å²) >= 11 is 1.61. The summed E-state index contributed by atoms with van der Waals surface area (Å²) in [5.41, 5.74) is 8.73. The van der Waals surface area contributed by atoms with Gasteiger partial charge in [-0.05, 0) is 0 Å². The SMILES string of the molecule is NC1COCC1c1cscn1. The third-order valence-corrected chi connectivity index (χ3v) is 2.56. The first-order valence-electron chi connectivity index (χ1n) is 3.59. The number of hydrogen-bond acceptors (Lipinski definition) is 4. The summed E-state index contributed by atoms with van der Waals surface area (Å²) in [7, 11) is 0. The summed E-state index contributed by atoms with van der Waals surface area (Å²) < 4.78 is 5.23. The molecule has 2 atom stereocenters. The van der Waals surface area contributed by atoms with Crippen LogP contribution in [0.15, 0.2) is 10.9 Å². The van der Waals surface area contributed by atoms with Crippen LogP contribution in [0.5, 0.6) is 0 Å². The maximum Gasteiger partial charge on any atom is 0.0794 e. The third kappa shape index (κ3) is 1.29. The number of nitrogens with two attached hydrogens (primary N) is 1. The molecule has 1 aliphatic heterocycles. The van der Waals surface area contributed by atoms with E-state index in [4.69, 9.17) is 10.5 Å². The van der Waals surface area contributed by atoms with Crippen LogP contribution in [-0.4, -0.2) is 24.2 Å². The molecule has 60 valence electrons. The van der Waals surface area contributed by atoms with Gasteiger partial charge in [-0.15, -0.1) is 11.3 Å². The van der Waals surface area contributed by atoms with E-state index in [1.807, 2.05) is 10.9 Å². The Hall–Kier alpha value is -0.450. The fourth-order valence-electron chi connectivity index (χ4n) is 1.28. The zero-order valence-electron chi connectivity index (χ0n) is 6.06. The van der Waals surface area contributed by atoms with Gasteiger partial charge in [0.1, 0.15) is 0 Å². The van der Waals surface area contributed by atoms with Crippen LogP contribution in [0.2, 0.25) is 0 Å². The summed E-state index contributed by atoms with van der Waals surface area (Å²) in [4.78, 5) is 4.21. The van der Waals surface area contributed by atoms with E-state index in [9.17, 15) is 0 Å². The summed E-state index contributed by atoms with van der Waals surface area (Å²) in [6, 6.07) is 0.136. The molecule has 2 rings (SSSR count). The first-order chi connectivity index (χ1) is 5.38. The van der Waals surface area contributed by atoms with E-state index < -0.39 is 0 Å². The molecule has 0 saturated carbocycles. The molecule has 0 spiro atoms. The lowest BCUT2D eigenvalue weighted by Gasteiger charge is -2.08. The minimum Gasteiger partial charge on any atom is -0.379 e. The highest BCUT2D eigenvalue weighted by molar-refractivity contribution is 7.07. The van der Waals surface area contributed by atoms with Crippen molar-refractivity contribution in [1.29, 1.82) is 0 Å². The van der Waals surface area contributed by atoms with Gasteiger partial charge in [-0.25, -0.2) is 4.98 Å². The fraction of sp³-hybridized carbons (Fsp3) is 0.571. The van der Waals surface area contributed by atoms with E-state index >= 15 is 0 Å². The molecule has 4 heteroatoms. The third-order valence-electron chi connectivity index (χ3n) is 1.96. The number of aromatic nitrogens is 1. The van der Waals surface area contributed by atoms with Crippen LogP contribution in [0.3, 0.4) is 0 Å². The number of rotatable bonds is 1. The second-order valence-corrected chi connectivity index (χ2v) is 3.44. The summed E-state index contributed by atoms with van der Waals surface area (Å²) in [5, 5.41) is 2.04. The Labute approximate surface area is 69.2 Å². The topological polar surface area (TPSA) is 48.1 Å². The van der Waals surface area contributed by atoms with Crippen molar-refractivity contribution in [1.82, 2.24) is 4.98 Å². The molecule has 1 aromatic heterocycles. The molecule has 1 aliphatic rings. The maximum absolute atomic E-state index is 5.81. The van der Waals surface area contributed by atoms with Crippen molar-refractivity contribution >= 4 is 11.3 Å². The molecule has 1 saturated heterocycles. The maximum atomic E-state index is 5.81. The van der Waals surface area contributed by atoms with Crippen molar-refractivity contribution in [2.24, 2.45) is 5.73 Å². The van der Waals surface area contributed by atoms with Gasteiger partial charge >= 0.3 is 0 Å². The van der Waals surface area contributed by atoms with E-state index in [0.29, 0.717) is 12.5 Å². The van der Waals surface area contributed by atoms with E-state index in [1.165, 1.54) is 0 Å². The van der Waals surface area contributed by atoms with Crippen molar-refractivity contribution in [2.45, 2.75) is 12.0 Å². The van der Waals surface area contributed by atoms with Gasteiger partial charge in [0.15, 0.2) is 0 Å². The zero-order chi connectivity index (χ0) is 7.68. The molecule has 0 bridgehead atoms. The van der Waals surface area contributed by atoms with Gasteiger partial charge in [0.25, 0.3) is 0 Å². The van der Waals surface area contributed by atoms with Crippen LogP contribution < -0.4 is 5.73 Å². The van der Waals surface area contributed by atoms with Gasteiger partial charge in [-0.1, -0.05) is 0 Å². The normalized spacial score (nSPS) is 31.0. The van der Waals surface area contributed by atoms with Crippen molar-refractivity contribution in [2.75, 3.05) is 13.2 Å². The Kier molecular flexibility index (Phi) is 1.89. The molecule has 0 amide bonds. The van der Waals surface area contributed by atoms with E-state index in [2.05, 4.69) is 4.98 Å². The molecule has 1 aromatic rings. The van der Waals surface area contributed by atoms with E-state index in [-0.39, 0.29) is 6.04 Å². The van der Waals surface area contributed by atoms with Gasteiger partial charge < -0.3 is 10.5 Å². The molecular weight excluding hydrogens is 160 g/mol. The van der Waals surface area contributed by atoms with Crippen LogP contribution in [0.25, 0.3) is 0 Å². The summed E-state index contributed by atoms with van der Waals surface area (Å²) in [6.45, 7) is 1.40. The average molecular weight is 170 g/mol. The summed E-state index contributed by atoms with van der Waals surface area (Å²) in [6.07, 6.45) is 0. The second-order valence-electron chi connectivity index (χ2n) is 2.72. The van der Waals surface area contributed by atoms with Gasteiger partial charge in [-0.3, -0.25) is 0 Å². The van der Waals surface area contributed by atoms with E-state index in [1.54, 1.807) is 11.3 Å². The molecule has 11 heavy (non-hydrogen) atoms. The van der Waals surface area contributed by atoms with Crippen LogP contribution >= 0.6 is 11.3 Å². The van der Waals surface area contributed by atoms with Crippen LogP contribution in [-0.2, 0) is 4.74 Å². The molecular formula is C7H10N2OS. The first kappa shape index (κ1) is 7.21. The van der Waals surface area contributed by atoms with Gasteiger partial charge in [-0.2, -0.15) is 0 Å². The number of nitrogens with zero attached hydrogens (tertiary/aromatic N) is 1. The highest BCUT2D eigenvalue weighted by Gasteiger charge is 2.27. The minimum absolute atomic E-state index is 0.136. The van der Waals surface area contributed by atoms with Crippen LogP contribution in [0, 0.1) is 0 Å². The average Bonchev–Trinajstić information content (AvgIpc) is 2.55. The molecule has 2 unspecified atom stereocenters. The number of thiazole rings is 1. The molecule has 2 N–H and O–H groups in total. The molecule has 1 fully saturated rings. The van der Waals surface area contributed by atoms with Crippen molar-refractivity contribution in [3.8, 4) is 0 Å². The van der Waals surface area contributed by atoms with Gasteiger partial charge in [0, 0.05) is 17.3 Å². The second kappa shape index (κ2) is 2.89. The number of ether oxygens (including phenoxy) is 1. The highest BCUT2D eigenvalue weighted by Crippen LogP contribution is 2.23. The van der Waals surface area contributed by atoms with Crippen molar-refractivity contribution < 1.29 is 4.74 Å². The first-order valence-corrected chi connectivity index (χ1v) is 4.53. The molecule has 0 aromatic carbocycles. The number of hydrogen-bond donors (Lipinski definition) is 1. The lowest BCUT2D eigenvalue weighted by atomic mass is 10.0. The quantitative estimate of drug-likeness (QED) is 0.671. The lowest BCUT2D eigenvalue weighted by molar-refractivity contribution is 0.190. The van der Waals surface area contributed by atoms with Crippen molar-refractivity contribution in [3.63, 3.8) is 0 Å². The monoisotopic (exact) mass is 170 g/mol. The Morgan fingerprint density at radius 3 is 3.09 bits per heavy atom. The molecule has 0 radical (unpaired) electrons. The van der Waals surface area contributed by atoms with Crippen LogP contribution in [0.1, 0.15) is 11.6 Å². The van der Waals surface area contributed by atoms with Gasteiger partial charge in [0.2, 0.25) is 0 Å². The Balaban J connectivity index is 2.16. The fourth-order valence-corrected chi connectivity index (χ4v) is 1.90. The largest absolute Gasteiger partial charge is 0.379 e. The Morgan fingerprint density at radius 1 is 1.64 bits per heavy atom. The molecule has 0 aliphatic carbocycles. The zero-order valence-corrected chi connectivity index (χ0v) is 6.88. The Morgan fingerprint density at radius 2 is 2.55 bits per heavy atom. The van der Waals surface area contributed by atoms with Crippen LogP contribution in [0.4, 0.5) is 0 Å². The van der Waals surface area contributed by atoms with E-state index in [0.717, 1.165) is 12.3 Å². The lowest BCUT2D eigenvalue weighted by Crippen LogP contribution is -2.26. The van der Waals surface area contributed by atoms with Crippen molar-refractivity contribution in [3.05, 3.63) is 16.6 Å². The minimum atomic E-state index is 0.136. The summed E-state index contributed by atoms with van der Waals surface area (Å²) in [5.74, 6) is 0.321. The smallest absolute Gasteiger partial charge is 0.0794 e. The predicted octanol–water partition coefficient (Wildman–Crippen LogP) is 0.584. The molecule has 3 nitrogen and oxygen atoms in total. The molecule has 2 heterocycles.